The van der Waals surface area contributed by atoms with E-state index in [4.69, 9.17) is 9.47 Å². The molecule has 2 rings (SSSR count). The van der Waals surface area contributed by atoms with E-state index in [-0.39, 0.29) is 5.75 Å². The van der Waals surface area contributed by atoms with Gasteiger partial charge in [0.15, 0.2) is 5.96 Å². The molecule has 170 valence electrons. The van der Waals surface area contributed by atoms with E-state index in [0.29, 0.717) is 42.4 Å². The van der Waals surface area contributed by atoms with Crippen molar-refractivity contribution in [3.05, 3.63) is 23.8 Å². The maximum atomic E-state index is 12.8. The van der Waals surface area contributed by atoms with Crippen LogP contribution in [0.15, 0.2) is 23.2 Å². The Hall–Kier alpha value is -2.09. The first-order chi connectivity index (χ1) is 14.4. The highest BCUT2D eigenvalue weighted by atomic mass is 19.3. The Kier molecular flexibility index (Phi) is 10.1. The van der Waals surface area contributed by atoms with Gasteiger partial charge >= 0.3 is 6.61 Å². The van der Waals surface area contributed by atoms with Crippen molar-refractivity contribution in [1.29, 1.82) is 0 Å². The van der Waals surface area contributed by atoms with Crippen molar-refractivity contribution in [2.45, 2.75) is 59.2 Å². The van der Waals surface area contributed by atoms with Crippen LogP contribution < -0.4 is 20.1 Å². The third-order valence-corrected chi connectivity index (χ3v) is 4.95. The number of guanidine groups is 1. The number of likely N-dealkylation sites (tertiary alicyclic amines) is 1. The molecule has 0 bridgehead atoms. The molecule has 1 aromatic carbocycles. The second-order valence-electron chi connectivity index (χ2n) is 8.04. The summed E-state index contributed by atoms with van der Waals surface area (Å²) in [6, 6.07) is 5.37. The first-order valence-electron chi connectivity index (χ1n) is 10.8. The third-order valence-electron chi connectivity index (χ3n) is 4.95. The van der Waals surface area contributed by atoms with Crippen LogP contribution in [0.4, 0.5) is 8.78 Å². The SMILES string of the molecule is CCCOc1ccc(CNC(=NC)NC2CCN(CC(C)C)CC2)c(OC(F)F)c1. The van der Waals surface area contributed by atoms with Crippen molar-refractivity contribution >= 4 is 5.96 Å². The van der Waals surface area contributed by atoms with Crippen LogP contribution in [0.5, 0.6) is 11.5 Å². The summed E-state index contributed by atoms with van der Waals surface area (Å²) in [7, 11) is 1.71. The lowest BCUT2D eigenvalue weighted by Gasteiger charge is -2.34. The fraction of sp³-hybridized carbons (Fsp3) is 0.682. The average molecular weight is 427 g/mol. The topological polar surface area (TPSA) is 58.1 Å². The Bertz CT molecular complexity index is 663. The summed E-state index contributed by atoms with van der Waals surface area (Å²) in [6.45, 7) is 7.69. The number of rotatable bonds is 10. The van der Waals surface area contributed by atoms with Crippen molar-refractivity contribution in [1.82, 2.24) is 15.5 Å². The Balaban J connectivity index is 1.91. The third kappa shape index (κ3) is 8.34. The number of alkyl halides is 2. The van der Waals surface area contributed by atoms with Crippen molar-refractivity contribution in [2.24, 2.45) is 10.9 Å². The van der Waals surface area contributed by atoms with E-state index < -0.39 is 6.61 Å². The standard InChI is InChI=1S/C22H36F2N4O2/c1-5-12-29-19-7-6-17(20(13-19)30-21(23)24)14-26-22(25-4)27-18-8-10-28(11-9-18)15-16(2)3/h6-7,13,16,18,21H,5,8-12,14-15H2,1-4H3,(H2,25,26,27). The molecule has 0 aromatic heterocycles. The van der Waals surface area contributed by atoms with E-state index in [9.17, 15) is 8.78 Å². The van der Waals surface area contributed by atoms with Gasteiger partial charge in [0, 0.05) is 50.9 Å². The highest BCUT2D eigenvalue weighted by Gasteiger charge is 2.20. The first-order valence-corrected chi connectivity index (χ1v) is 10.8. The van der Waals surface area contributed by atoms with Crippen molar-refractivity contribution in [3.63, 3.8) is 0 Å². The molecule has 0 spiro atoms. The second kappa shape index (κ2) is 12.6. The van der Waals surface area contributed by atoms with E-state index >= 15 is 0 Å². The maximum absolute atomic E-state index is 12.8. The molecule has 1 fully saturated rings. The minimum absolute atomic E-state index is 0.114. The van der Waals surface area contributed by atoms with E-state index in [1.165, 1.54) is 6.07 Å². The van der Waals surface area contributed by atoms with Crippen LogP contribution >= 0.6 is 0 Å². The van der Waals surface area contributed by atoms with Crippen LogP contribution in [0.3, 0.4) is 0 Å². The Morgan fingerprint density at radius 3 is 2.60 bits per heavy atom. The molecule has 0 atom stereocenters. The quantitative estimate of drug-likeness (QED) is 0.440. The zero-order valence-electron chi connectivity index (χ0n) is 18.6. The molecule has 0 saturated carbocycles. The normalized spacial score (nSPS) is 16.2. The zero-order chi connectivity index (χ0) is 21.9. The molecule has 1 aromatic rings. The number of piperidine rings is 1. The van der Waals surface area contributed by atoms with Crippen molar-refractivity contribution in [3.8, 4) is 11.5 Å². The Labute approximate surface area is 179 Å². The lowest BCUT2D eigenvalue weighted by molar-refractivity contribution is -0.0505. The Morgan fingerprint density at radius 2 is 2.00 bits per heavy atom. The average Bonchev–Trinajstić information content (AvgIpc) is 2.71. The fourth-order valence-electron chi connectivity index (χ4n) is 3.54. The van der Waals surface area contributed by atoms with Gasteiger partial charge in [-0.05, 0) is 37.3 Å². The zero-order valence-corrected chi connectivity index (χ0v) is 18.6. The van der Waals surface area contributed by atoms with Gasteiger partial charge in [-0.25, -0.2) is 0 Å². The molecule has 0 aliphatic carbocycles. The van der Waals surface area contributed by atoms with Gasteiger partial charge in [0.1, 0.15) is 11.5 Å². The van der Waals surface area contributed by atoms with Gasteiger partial charge in [0.25, 0.3) is 0 Å². The number of hydrogen-bond donors (Lipinski definition) is 2. The molecule has 30 heavy (non-hydrogen) atoms. The number of benzene rings is 1. The molecule has 0 radical (unpaired) electrons. The van der Waals surface area contributed by atoms with Crippen LogP contribution in [-0.2, 0) is 6.54 Å². The molecule has 8 heteroatoms. The van der Waals surface area contributed by atoms with Gasteiger partial charge in [0.05, 0.1) is 6.61 Å². The largest absolute Gasteiger partial charge is 0.493 e. The summed E-state index contributed by atoms with van der Waals surface area (Å²) in [5, 5.41) is 6.66. The molecule has 2 N–H and O–H groups in total. The molecule has 1 saturated heterocycles. The Morgan fingerprint density at radius 1 is 1.27 bits per heavy atom. The van der Waals surface area contributed by atoms with Gasteiger partial charge in [-0.3, -0.25) is 4.99 Å². The van der Waals surface area contributed by atoms with Crippen molar-refractivity contribution < 1.29 is 18.3 Å². The van der Waals surface area contributed by atoms with E-state index in [1.807, 2.05) is 6.92 Å². The van der Waals surface area contributed by atoms with Gasteiger partial charge in [-0.15, -0.1) is 0 Å². The first kappa shape index (κ1) is 24.2. The van der Waals surface area contributed by atoms with Crippen LogP contribution in [0, 0.1) is 5.92 Å². The van der Waals surface area contributed by atoms with Gasteiger partial charge in [0.2, 0.25) is 0 Å². The molecule has 0 amide bonds. The van der Waals surface area contributed by atoms with Crippen molar-refractivity contribution in [2.75, 3.05) is 33.3 Å². The molecule has 1 heterocycles. The van der Waals surface area contributed by atoms with Crippen LogP contribution in [-0.4, -0.2) is 56.8 Å². The van der Waals surface area contributed by atoms with Gasteiger partial charge in [-0.1, -0.05) is 20.8 Å². The van der Waals surface area contributed by atoms with Gasteiger partial charge < -0.3 is 25.0 Å². The summed E-state index contributed by atoms with van der Waals surface area (Å²) in [4.78, 5) is 6.78. The predicted molar refractivity (Wildman–Crippen MR) is 116 cm³/mol. The minimum atomic E-state index is -2.89. The number of halogens is 2. The molecule has 0 unspecified atom stereocenters. The smallest absolute Gasteiger partial charge is 0.387 e. The molecule has 1 aliphatic heterocycles. The highest BCUT2D eigenvalue weighted by molar-refractivity contribution is 5.80. The molecule has 6 nitrogen and oxygen atoms in total. The van der Waals surface area contributed by atoms with Crippen LogP contribution in [0.25, 0.3) is 0 Å². The monoisotopic (exact) mass is 426 g/mol. The van der Waals surface area contributed by atoms with E-state index in [2.05, 4.69) is 34.4 Å². The summed E-state index contributed by atoms with van der Waals surface area (Å²) in [5.41, 5.74) is 0.619. The number of nitrogens with zero attached hydrogens (tertiary/aromatic N) is 2. The van der Waals surface area contributed by atoms with Crippen LogP contribution in [0.1, 0.15) is 45.6 Å². The molecule has 1 aliphatic rings. The number of nitrogens with one attached hydrogen (secondary N) is 2. The van der Waals surface area contributed by atoms with E-state index in [1.54, 1.807) is 19.2 Å². The predicted octanol–water partition coefficient (Wildman–Crippen LogP) is 3.86. The summed E-state index contributed by atoms with van der Waals surface area (Å²) >= 11 is 0. The summed E-state index contributed by atoms with van der Waals surface area (Å²) in [6.07, 6.45) is 2.94. The summed E-state index contributed by atoms with van der Waals surface area (Å²) < 4.78 is 35.9. The number of ether oxygens (including phenoxy) is 2. The minimum Gasteiger partial charge on any atom is -0.493 e. The van der Waals surface area contributed by atoms with Crippen LogP contribution in [0.2, 0.25) is 0 Å². The lowest BCUT2D eigenvalue weighted by atomic mass is 10.0. The maximum Gasteiger partial charge on any atom is 0.387 e. The second-order valence-corrected chi connectivity index (χ2v) is 8.04. The lowest BCUT2D eigenvalue weighted by Crippen LogP contribution is -2.49. The fourth-order valence-corrected chi connectivity index (χ4v) is 3.54. The summed E-state index contributed by atoms with van der Waals surface area (Å²) in [5.74, 6) is 1.97. The molecular formula is C22H36F2N4O2. The van der Waals surface area contributed by atoms with Gasteiger partial charge in [-0.2, -0.15) is 8.78 Å². The highest BCUT2D eigenvalue weighted by Crippen LogP contribution is 2.26. The van der Waals surface area contributed by atoms with E-state index in [0.717, 1.165) is 38.9 Å². The number of hydrogen-bond acceptors (Lipinski definition) is 4. The molecular weight excluding hydrogens is 390 g/mol. The number of aliphatic imine (C=N–C) groups is 1.